The summed E-state index contributed by atoms with van der Waals surface area (Å²) in [4.78, 5) is 10.4. The van der Waals surface area contributed by atoms with Gasteiger partial charge in [-0.2, -0.15) is 0 Å². The number of carbonyl (C=O) groups is 1. The second-order valence-electron chi connectivity index (χ2n) is 8.04. The number of rotatable bonds is 20. The molecule has 0 unspecified atom stereocenters. The van der Waals surface area contributed by atoms with E-state index in [-0.39, 0.29) is 0 Å². The van der Waals surface area contributed by atoms with Gasteiger partial charge in [-0.1, -0.05) is 135 Å². The molecule has 2 heteroatoms. The van der Waals surface area contributed by atoms with Crippen molar-refractivity contribution in [2.24, 2.45) is 0 Å². The number of hydrogen-bond donors (Lipinski definition) is 0. The van der Waals surface area contributed by atoms with Gasteiger partial charge in [0.05, 0.1) is 0 Å². The minimum Gasteiger partial charge on any atom is -0.266 e. The molecule has 0 spiro atoms. The Kier molecular flexibility index (Phi) is 23.1. The molecule has 0 aliphatic carbocycles. The minimum absolute atomic E-state index is 0.539. The summed E-state index contributed by atoms with van der Waals surface area (Å²) in [7, 11) is 0. The van der Waals surface area contributed by atoms with Gasteiger partial charge in [0.25, 0.3) is 5.24 Å². The molecule has 0 atom stereocenters. The van der Waals surface area contributed by atoms with E-state index in [9.17, 15) is 4.79 Å². The summed E-state index contributed by atoms with van der Waals surface area (Å²) < 4.78 is 0. The lowest BCUT2D eigenvalue weighted by molar-refractivity contribution is -0.107. The molecule has 0 saturated carbocycles. The fraction of sp³-hybridized carbons (Fsp3) is 0.880. The van der Waals surface area contributed by atoms with E-state index in [4.69, 9.17) is 11.6 Å². The standard InChI is InChI=1S/C25H45ClO/c1-2-3-4-5-6-7-8-9-10-11-12-13-14-15-16-17-18-19-20-21-22-23-24-25(26)27/h2-22H2,1H3. The van der Waals surface area contributed by atoms with Crippen LogP contribution in [0.3, 0.4) is 0 Å². The largest absolute Gasteiger partial charge is 0.296 e. The van der Waals surface area contributed by atoms with E-state index in [0.29, 0.717) is 0 Å². The number of unbranched alkanes of at least 4 members (excludes halogenated alkanes) is 20. The molecule has 0 aliphatic rings. The summed E-state index contributed by atoms with van der Waals surface area (Å²) in [6.45, 7) is 2.29. The maximum atomic E-state index is 10.4. The Morgan fingerprint density at radius 1 is 0.556 bits per heavy atom. The van der Waals surface area contributed by atoms with E-state index in [1.807, 2.05) is 0 Å². The van der Waals surface area contributed by atoms with Gasteiger partial charge in [0.2, 0.25) is 0 Å². The lowest BCUT2D eigenvalue weighted by Crippen LogP contribution is -1.84. The second kappa shape index (κ2) is 23.6. The van der Waals surface area contributed by atoms with Gasteiger partial charge in [-0.05, 0) is 23.9 Å². The van der Waals surface area contributed by atoms with Crippen molar-refractivity contribution >= 4 is 16.8 Å². The van der Waals surface area contributed by atoms with E-state index >= 15 is 0 Å². The monoisotopic (exact) mass is 396 g/mol. The zero-order valence-corrected chi connectivity index (χ0v) is 18.9. The number of hydrogen-bond acceptors (Lipinski definition) is 1. The quantitative estimate of drug-likeness (QED) is 0.114. The molecule has 0 heterocycles. The molecule has 0 N–H and O–H groups in total. The molecular weight excluding hydrogens is 352 g/mol. The molecule has 0 rings (SSSR count). The SMILES string of the molecule is CCCCCCCCCCCCCCCCCCCCCCC#CC(=O)Cl. The lowest BCUT2D eigenvalue weighted by atomic mass is 10.0. The first-order valence-corrected chi connectivity index (χ1v) is 12.3. The number of halogens is 1. The van der Waals surface area contributed by atoms with Crippen LogP contribution in [0.5, 0.6) is 0 Å². The van der Waals surface area contributed by atoms with Crippen LogP contribution in [0.2, 0.25) is 0 Å². The van der Waals surface area contributed by atoms with Crippen molar-refractivity contribution in [3.05, 3.63) is 0 Å². The van der Waals surface area contributed by atoms with Crippen molar-refractivity contribution in [1.82, 2.24) is 0 Å². The highest BCUT2D eigenvalue weighted by atomic mass is 35.5. The molecule has 0 aromatic rings. The second-order valence-corrected chi connectivity index (χ2v) is 8.39. The maximum absolute atomic E-state index is 10.4. The molecule has 0 amide bonds. The van der Waals surface area contributed by atoms with E-state index < -0.39 is 5.24 Å². The highest BCUT2D eigenvalue weighted by Crippen LogP contribution is 2.14. The Labute approximate surface area is 175 Å². The average Bonchev–Trinajstić information content (AvgIpc) is 2.65. The van der Waals surface area contributed by atoms with Crippen LogP contribution in [0, 0.1) is 11.8 Å². The van der Waals surface area contributed by atoms with Crippen molar-refractivity contribution in [3.63, 3.8) is 0 Å². The van der Waals surface area contributed by atoms with Crippen LogP contribution in [0.25, 0.3) is 0 Å². The van der Waals surface area contributed by atoms with Gasteiger partial charge in [-0.3, -0.25) is 4.79 Å². The molecule has 0 saturated heterocycles. The van der Waals surface area contributed by atoms with Crippen molar-refractivity contribution in [1.29, 1.82) is 0 Å². The van der Waals surface area contributed by atoms with Gasteiger partial charge in [-0.15, -0.1) is 0 Å². The van der Waals surface area contributed by atoms with Gasteiger partial charge in [0, 0.05) is 6.42 Å². The predicted octanol–water partition coefficient (Wildman–Crippen LogP) is 8.97. The maximum Gasteiger partial charge on any atom is 0.296 e. The van der Waals surface area contributed by atoms with E-state index in [2.05, 4.69) is 18.8 Å². The third-order valence-electron chi connectivity index (χ3n) is 5.34. The van der Waals surface area contributed by atoms with Crippen LogP contribution >= 0.6 is 11.6 Å². The summed E-state index contributed by atoms with van der Waals surface area (Å²) in [6.07, 6.45) is 28.7. The Bertz CT molecular complexity index is 366. The Balaban J connectivity index is 3.03. The van der Waals surface area contributed by atoms with Crippen molar-refractivity contribution < 1.29 is 4.79 Å². The Morgan fingerprint density at radius 3 is 1.15 bits per heavy atom. The predicted molar refractivity (Wildman–Crippen MR) is 121 cm³/mol. The van der Waals surface area contributed by atoms with Crippen LogP contribution in [0.4, 0.5) is 0 Å². The van der Waals surface area contributed by atoms with E-state index in [0.717, 1.165) is 12.8 Å². The summed E-state index contributed by atoms with van der Waals surface area (Å²) >= 11 is 5.16. The topological polar surface area (TPSA) is 17.1 Å². The molecule has 0 radical (unpaired) electrons. The molecule has 0 bridgehead atoms. The van der Waals surface area contributed by atoms with Gasteiger partial charge in [0.1, 0.15) is 0 Å². The zero-order valence-electron chi connectivity index (χ0n) is 18.1. The minimum atomic E-state index is -0.539. The normalized spacial score (nSPS) is 10.6. The fourth-order valence-corrected chi connectivity index (χ4v) is 3.67. The van der Waals surface area contributed by atoms with Crippen LogP contribution in [-0.2, 0) is 4.79 Å². The lowest BCUT2D eigenvalue weighted by Gasteiger charge is -2.04. The Morgan fingerprint density at radius 2 is 0.852 bits per heavy atom. The fourth-order valence-electron chi connectivity index (χ4n) is 3.60. The van der Waals surface area contributed by atoms with Gasteiger partial charge >= 0.3 is 0 Å². The van der Waals surface area contributed by atoms with E-state index in [1.165, 1.54) is 122 Å². The molecule has 0 aromatic heterocycles. The first-order chi connectivity index (χ1) is 13.3. The molecule has 0 fully saturated rings. The highest BCUT2D eigenvalue weighted by Gasteiger charge is 1.95. The average molecular weight is 397 g/mol. The van der Waals surface area contributed by atoms with Crippen LogP contribution in [-0.4, -0.2) is 5.24 Å². The van der Waals surface area contributed by atoms with Crippen molar-refractivity contribution in [2.75, 3.05) is 0 Å². The van der Waals surface area contributed by atoms with Crippen molar-refractivity contribution in [2.45, 2.75) is 142 Å². The van der Waals surface area contributed by atoms with Crippen LogP contribution < -0.4 is 0 Å². The summed E-state index contributed by atoms with van der Waals surface area (Å²) in [5.41, 5.74) is 0. The van der Waals surface area contributed by atoms with Crippen LogP contribution in [0.1, 0.15) is 142 Å². The number of carbonyl (C=O) groups excluding carboxylic acids is 1. The summed E-state index contributed by atoms with van der Waals surface area (Å²) in [5.74, 6) is 5.19. The molecular formula is C25H45ClO. The third-order valence-corrected chi connectivity index (χ3v) is 5.44. The summed E-state index contributed by atoms with van der Waals surface area (Å²) in [5, 5.41) is -0.539. The van der Waals surface area contributed by atoms with Gasteiger partial charge in [-0.25, -0.2) is 0 Å². The molecule has 0 aromatic carbocycles. The molecule has 1 nitrogen and oxygen atoms in total. The Hall–Kier alpha value is -0.480. The molecule has 158 valence electrons. The van der Waals surface area contributed by atoms with Gasteiger partial charge < -0.3 is 0 Å². The summed E-state index contributed by atoms with van der Waals surface area (Å²) in [6, 6.07) is 0. The first-order valence-electron chi connectivity index (χ1n) is 12.0. The van der Waals surface area contributed by atoms with Crippen molar-refractivity contribution in [3.8, 4) is 11.8 Å². The van der Waals surface area contributed by atoms with Crippen LogP contribution in [0.15, 0.2) is 0 Å². The van der Waals surface area contributed by atoms with Gasteiger partial charge in [0.15, 0.2) is 0 Å². The highest BCUT2D eigenvalue weighted by molar-refractivity contribution is 6.68. The molecule has 27 heavy (non-hydrogen) atoms. The van der Waals surface area contributed by atoms with E-state index in [1.54, 1.807) is 0 Å². The molecule has 0 aliphatic heterocycles. The third kappa shape index (κ3) is 25.5. The zero-order chi connectivity index (χ0) is 19.8. The smallest absolute Gasteiger partial charge is 0.266 e. The first kappa shape index (κ1) is 26.5.